The van der Waals surface area contributed by atoms with Crippen LogP contribution in [0.4, 0.5) is 0 Å². The number of piperidine rings is 2. The van der Waals surface area contributed by atoms with Crippen LogP contribution in [0.5, 0.6) is 11.5 Å². The fourth-order valence-electron chi connectivity index (χ4n) is 4.89. The molecule has 2 fully saturated rings. The van der Waals surface area contributed by atoms with E-state index in [0.717, 1.165) is 37.2 Å². The molecule has 36 heavy (non-hydrogen) atoms. The third-order valence-corrected chi connectivity index (χ3v) is 7.94. The van der Waals surface area contributed by atoms with Gasteiger partial charge in [0.15, 0.2) is 6.61 Å². The summed E-state index contributed by atoms with van der Waals surface area (Å²) >= 11 is 12.1. The number of carbonyl (C=O) groups excluding carboxylic acids is 2. The van der Waals surface area contributed by atoms with Crippen molar-refractivity contribution in [3.8, 4) is 11.5 Å². The number of amides is 2. The maximum absolute atomic E-state index is 13.2. The van der Waals surface area contributed by atoms with Gasteiger partial charge in [-0.15, -0.1) is 0 Å². The summed E-state index contributed by atoms with van der Waals surface area (Å²) in [7, 11) is 0. The summed E-state index contributed by atoms with van der Waals surface area (Å²) in [5.74, 6) is 1.49. The SMILES string of the molecule is Cc1cc(OCC2(CC(=O)N3CCCCC3)CCN(C(=O)COc3ccc(Cl)cc3)CC2)ccc1Cl. The molecule has 194 valence electrons. The van der Waals surface area contributed by atoms with E-state index in [1.54, 1.807) is 24.3 Å². The lowest BCUT2D eigenvalue weighted by molar-refractivity contribution is -0.139. The first-order valence-corrected chi connectivity index (χ1v) is 13.4. The van der Waals surface area contributed by atoms with Crippen molar-refractivity contribution in [2.24, 2.45) is 5.41 Å². The summed E-state index contributed by atoms with van der Waals surface area (Å²) < 4.78 is 11.9. The monoisotopic (exact) mass is 532 g/mol. The van der Waals surface area contributed by atoms with Crippen LogP contribution in [0.3, 0.4) is 0 Å². The van der Waals surface area contributed by atoms with Crippen LogP contribution >= 0.6 is 23.2 Å². The second kappa shape index (κ2) is 12.2. The number of hydrogen-bond donors (Lipinski definition) is 0. The van der Waals surface area contributed by atoms with Gasteiger partial charge in [0, 0.05) is 48.1 Å². The highest BCUT2D eigenvalue weighted by Gasteiger charge is 2.40. The van der Waals surface area contributed by atoms with E-state index < -0.39 is 0 Å². The van der Waals surface area contributed by atoms with Crippen molar-refractivity contribution >= 4 is 35.0 Å². The highest BCUT2D eigenvalue weighted by molar-refractivity contribution is 6.31. The van der Waals surface area contributed by atoms with Gasteiger partial charge in [-0.25, -0.2) is 0 Å². The fourth-order valence-corrected chi connectivity index (χ4v) is 5.13. The number of likely N-dealkylation sites (tertiary alicyclic amines) is 2. The van der Waals surface area contributed by atoms with Crippen molar-refractivity contribution < 1.29 is 19.1 Å². The minimum absolute atomic E-state index is 0.0259. The lowest BCUT2D eigenvalue weighted by Crippen LogP contribution is -2.49. The number of ether oxygens (including phenoxy) is 2. The number of nitrogens with zero attached hydrogens (tertiary/aromatic N) is 2. The number of rotatable bonds is 8. The van der Waals surface area contributed by atoms with E-state index in [1.807, 2.05) is 34.9 Å². The second-order valence-electron chi connectivity index (χ2n) is 9.94. The van der Waals surface area contributed by atoms with Gasteiger partial charge >= 0.3 is 0 Å². The Morgan fingerprint density at radius 2 is 1.47 bits per heavy atom. The fraction of sp³-hybridized carbons (Fsp3) is 0.500. The molecule has 0 unspecified atom stereocenters. The molecule has 2 aromatic rings. The first-order valence-electron chi connectivity index (χ1n) is 12.7. The smallest absolute Gasteiger partial charge is 0.260 e. The lowest BCUT2D eigenvalue weighted by atomic mass is 9.75. The van der Waals surface area contributed by atoms with E-state index in [0.29, 0.717) is 54.8 Å². The second-order valence-corrected chi connectivity index (χ2v) is 10.8. The predicted octanol–water partition coefficient (Wildman–Crippen LogP) is 5.77. The van der Waals surface area contributed by atoms with Crippen LogP contribution in [-0.2, 0) is 9.59 Å². The summed E-state index contributed by atoms with van der Waals surface area (Å²) in [5, 5.41) is 1.32. The zero-order chi connectivity index (χ0) is 25.5. The van der Waals surface area contributed by atoms with E-state index in [-0.39, 0.29) is 23.8 Å². The molecule has 0 N–H and O–H groups in total. The average molecular weight is 533 g/mol. The molecule has 0 spiro atoms. The Kier molecular flexibility index (Phi) is 9.02. The van der Waals surface area contributed by atoms with E-state index in [4.69, 9.17) is 32.7 Å². The molecule has 2 aliphatic heterocycles. The molecule has 2 amide bonds. The van der Waals surface area contributed by atoms with Crippen LogP contribution in [0.25, 0.3) is 0 Å². The molecule has 0 aromatic heterocycles. The Bertz CT molecular complexity index is 1050. The maximum atomic E-state index is 13.2. The lowest BCUT2D eigenvalue weighted by Gasteiger charge is -2.42. The molecule has 0 atom stereocenters. The molecular weight excluding hydrogens is 499 g/mol. The van der Waals surface area contributed by atoms with Crippen molar-refractivity contribution in [2.45, 2.75) is 45.4 Å². The number of hydrogen-bond acceptors (Lipinski definition) is 4. The summed E-state index contributed by atoms with van der Waals surface area (Å²) in [5.41, 5.74) is 0.629. The van der Waals surface area contributed by atoms with E-state index in [1.165, 1.54) is 6.42 Å². The number of halogens is 2. The van der Waals surface area contributed by atoms with E-state index >= 15 is 0 Å². The molecule has 2 heterocycles. The number of aryl methyl sites for hydroxylation is 1. The zero-order valence-corrected chi connectivity index (χ0v) is 22.3. The molecule has 0 aliphatic carbocycles. The van der Waals surface area contributed by atoms with Gasteiger partial charge in [-0.1, -0.05) is 23.2 Å². The minimum Gasteiger partial charge on any atom is -0.493 e. The van der Waals surface area contributed by atoms with Gasteiger partial charge in [0.2, 0.25) is 5.91 Å². The third-order valence-electron chi connectivity index (χ3n) is 7.26. The Balaban J connectivity index is 1.38. The van der Waals surface area contributed by atoms with Crippen molar-refractivity contribution in [2.75, 3.05) is 39.4 Å². The largest absolute Gasteiger partial charge is 0.493 e. The van der Waals surface area contributed by atoms with Gasteiger partial charge in [-0.05, 0) is 87.1 Å². The molecule has 2 aliphatic rings. The molecule has 6 nitrogen and oxygen atoms in total. The van der Waals surface area contributed by atoms with Crippen molar-refractivity contribution in [1.29, 1.82) is 0 Å². The summed E-state index contributed by atoms with van der Waals surface area (Å²) in [6, 6.07) is 12.6. The molecule has 4 rings (SSSR count). The van der Waals surface area contributed by atoms with E-state index in [9.17, 15) is 9.59 Å². The maximum Gasteiger partial charge on any atom is 0.260 e. The quantitative estimate of drug-likeness (QED) is 0.432. The summed E-state index contributed by atoms with van der Waals surface area (Å²) in [4.78, 5) is 29.9. The number of carbonyl (C=O) groups is 2. The van der Waals surface area contributed by atoms with Gasteiger partial charge in [0.1, 0.15) is 11.5 Å². The van der Waals surface area contributed by atoms with Crippen LogP contribution in [0.15, 0.2) is 42.5 Å². The Morgan fingerprint density at radius 3 is 2.14 bits per heavy atom. The zero-order valence-electron chi connectivity index (χ0n) is 20.8. The minimum atomic E-state index is -0.324. The Labute approximate surface area is 223 Å². The first kappa shape index (κ1) is 26.6. The predicted molar refractivity (Wildman–Crippen MR) is 142 cm³/mol. The third kappa shape index (κ3) is 7.07. The van der Waals surface area contributed by atoms with E-state index in [2.05, 4.69) is 0 Å². The van der Waals surface area contributed by atoms with Crippen molar-refractivity contribution in [3.63, 3.8) is 0 Å². The van der Waals surface area contributed by atoms with Gasteiger partial charge in [0.05, 0.1) is 6.61 Å². The molecule has 0 bridgehead atoms. The molecule has 2 saturated heterocycles. The molecule has 0 saturated carbocycles. The Morgan fingerprint density at radius 1 is 0.833 bits per heavy atom. The van der Waals surface area contributed by atoms with Crippen molar-refractivity contribution in [1.82, 2.24) is 9.80 Å². The van der Waals surface area contributed by atoms with Gasteiger partial charge in [0.25, 0.3) is 5.91 Å². The first-order chi connectivity index (χ1) is 17.3. The number of benzene rings is 2. The van der Waals surface area contributed by atoms with Crippen LogP contribution in [0.2, 0.25) is 10.0 Å². The van der Waals surface area contributed by atoms with Crippen LogP contribution < -0.4 is 9.47 Å². The van der Waals surface area contributed by atoms with Crippen LogP contribution in [0.1, 0.15) is 44.1 Å². The van der Waals surface area contributed by atoms with Gasteiger partial charge < -0.3 is 19.3 Å². The van der Waals surface area contributed by atoms with Crippen LogP contribution in [-0.4, -0.2) is 61.0 Å². The molecule has 8 heteroatoms. The average Bonchev–Trinajstić information content (AvgIpc) is 2.90. The topological polar surface area (TPSA) is 59.1 Å². The van der Waals surface area contributed by atoms with Gasteiger partial charge in [-0.3, -0.25) is 9.59 Å². The molecule has 2 aromatic carbocycles. The Hall–Kier alpha value is -2.44. The molecule has 0 radical (unpaired) electrons. The summed E-state index contributed by atoms with van der Waals surface area (Å²) in [6.07, 6.45) is 5.15. The summed E-state index contributed by atoms with van der Waals surface area (Å²) in [6.45, 7) is 5.15. The standard InChI is InChI=1S/C28H34Cl2N2O4/c1-21-17-24(9-10-25(21)30)36-20-28(18-26(33)31-13-3-2-4-14-31)11-15-32(16-12-28)27(34)19-35-23-7-5-22(29)6-8-23/h5-10,17H,2-4,11-16,18-20H2,1H3. The highest BCUT2D eigenvalue weighted by Crippen LogP contribution is 2.37. The van der Waals surface area contributed by atoms with Gasteiger partial charge in [-0.2, -0.15) is 0 Å². The highest BCUT2D eigenvalue weighted by atomic mass is 35.5. The normalized spacial score (nSPS) is 17.5. The molecular formula is C28H34Cl2N2O4. The van der Waals surface area contributed by atoms with Crippen molar-refractivity contribution in [3.05, 3.63) is 58.1 Å². The van der Waals surface area contributed by atoms with Crippen LogP contribution in [0, 0.1) is 12.3 Å².